The van der Waals surface area contributed by atoms with Crippen molar-refractivity contribution in [3.8, 4) is 0 Å². The zero-order valence-corrected chi connectivity index (χ0v) is 11.5. The lowest BCUT2D eigenvalue weighted by Crippen LogP contribution is -2.22. The summed E-state index contributed by atoms with van der Waals surface area (Å²) in [5, 5.41) is 7.66. The number of nitrogens with zero attached hydrogens (tertiary/aromatic N) is 6. The average molecular weight is 270 g/mol. The number of hydrogen-bond donors (Lipinski definition) is 0. The van der Waals surface area contributed by atoms with Crippen LogP contribution in [0.1, 0.15) is 17.0 Å². The molecule has 7 nitrogen and oxygen atoms in total. The third-order valence-electron chi connectivity index (χ3n) is 3.06. The molecule has 0 N–H and O–H groups in total. The first-order valence-corrected chi connectivity index (χ1v) is 6.23. The zero-order chi connectivity index (χ0) is 14.3. The van der Waals surface area contributed by atoms with E-state index in [1.165, 1.54) is 15.6 Å². The predicted octanol–water partition coefficient (Wildman–Crippen LogP) is 0.585. The smallest absolute Gasteiger partial charge is 0.283 e. The topological polar surface area (TPSA) is 78.5 Å². The molecule has 3 heterocycles. The maximum Gasteiger partial charge on any atom is 0.283 e. The van der Waals surface area contributed by atoms with E-state index in [-0.39, 0.29) is 11.1 Å². The van der Waals surface area contributed by atoms with Crippen LogP contribution in [-0.2, 0) is 13.6 Å². The van der Waals surface area contributed by atoms with E-state index in [1.807, 2.05) is 26.0 Å². The Morgan fingerprint density at radius 3 is 2.80 bits per heavy atom. The molecule has 0 aliphatic heterocycles. The van der Waals surface area contributed by atoms with Crippen molar-refractivity contribution in [2.24, 2.45) is 7.05 Å². The third-order valence-corrected chi connectivity index (χ3v) is 3.06. The van der Waals surface area contributed by atoms with Crippen molar-refractivity contribution >= 4 is 11.2 Å². The van der Waals surface area contributed by atoms with Crippen LogP contribution < -0.4 is 5.56 Å². The number of hydrogen-bond acceptors (Lipinski definition) is 5. The number of pyridine rings is 1. The number of aromatic nitrogens is 6. The van der Waals surface area contributed by atoms with Crippen LogP contribution in [0.15, 0.2) is 23.3 Å². The third kappa shape index (κ3) is 2.07. The fourth-order valence-electron chi connectivity index (χ4n) is 2.24. The summed E-state index contributed by atoms with van der Waals surface area (Å²) < 4.78 is 2.98. The monoisotopic (exact) mass is 270 g/mol. The Labute approximate surface area is 114 Å². The van der Waals surface area contributed by atoms with Gasteiger partial charge in [0, 0.05) is 12.7 Å². The van der Waals surface area contributed by atoms with Gasteiger partial charge in [-0.2, -0.15) is 0 Å². The Morgan fingerprint density at radius 2 is 2.05 bits per heavy atom. The summed E-state index contributed by atoms with van der Waals surface area (Å²) in [6, 6.07) is 3.96. The lowest BCUT2D eigenvalue weighted by molar-refractivity contribution is 0.716. The van der Waals surface area contributed by atoms with Crippen molar-refractivity contribution in [3.05, 3.63) is 45.8 Å². The summed E-state index contributed by atoms with van der Waals surface area (Å²) in [4.78, 5) is 20.9. The maximum absolute atomic E-state index is 12.3. The number of rotatable bonds is 2. The van der Waals surface area contributed by atoms with Crippen molar-refractivity contribution in [2.45, 2.75) is 20.4 Å². The second-order valence-corrected chi connectivity index (χ2v) is 4.84. The van der Waals surface area contributed by atoms with Gasteiger partial charge in [-0.05, 0) is 31.5 Å². The minimum Gasteiger partial charge on any atom is -0.291 e. The summed E-state index contributed by atoms with van der Waals surface area (Å²) in [7, 11) is 1.71. The molecule has 0 atom stereocenters. The van der Waals surface area contributed by atoms with Gasteiger partial charge in [0.05, 0.1) is 12.2 Å². The molecule has 0 fully saturated rings. The van der Waals surface area contributed by atoms with Crippen molar-refractivity contribution in [1.82, 2.24) is 29.5 Å². The zero-order valence-electron chi connectivity index (χ0n) is 11.5. The molecule has 0 bridgehead atoms. The van der Waals surface area contributed by atoms with Crippen LogP contribution in [0.4, 0.5) is 0 Å². The first-order chi connectivity index (χ1) is 9.54. The summed E-state index contributed by atoms with van der Waals surface area (Å²) in [6.45, 7) is 4.31. The van der Waals surface area contributed by atoms with E-state index >= 15 is 0 Å². The first kappa shape index (κ1) is 12.5. The van der Waals surface area contributed by atoms with E-state index in [9.17, 15) is 4.79 Å². The van der Waals surface area contributed by atoms with Gasteiger partial charge in [0.1, 0.15) is 6.33 Å². The molecule has 0 saturated carbocycles. The van der Waals surface area contributed by atoms with Gasteiger partial charge in [0.25, 0.3) is 5.56 Å². The molecule has 0 spiro atoms. The molecule has 0 saturated heterocycles. The minimum atomic E-state index is -0.205. The standard InChI is InChI=1S/C13H14N6O/c1-8-4-9(2)15-10(5-8)6-19-7-14-12-11(13(19)20)16-17-18(12)3/h4-5,7H,6H2,1-3H3. The number of fused-ring (bicyclic) bond motifs is 1. The first-order valence-electron chi connectivity index (χ1n) is 6.23. The van der Waals surface area contributed by atoms with Crippen LogP contribution in [-0.4, -0.2) is 29.5 Å². The molecule has 0 radical (unpaired) electrons. The molecular weight excluding hydrogens is 256 g/mol. The van der Waals surface area contributed by atoms with E-state index in [0.717, 1.165) is 17.0 Å². The molecule has 3 aromatic rings. The highest BCUT2D eigenvalue weighted by molar-refractivity contribution is 5.67. The fourth-order valence-corrected chi connectivity index (χ4v) is 2.24. The Balaban J connectivity index is 2.06. The van der Waals surface area contributed by atoms with Crippen molar-refractivity contribution in [2.75, 3.05) is 0 Å². The molecule has 0 aliphatic carbocycles. The summed E-state index contributed by atoms with van der Waals surface area (Å²) in [5.41, 5.74) is 3.44. The fraction of sp³-hybridized carbons (Fsp3) is 0.308. The molecule has 20 heavy (non-hydrogen) atoms. The van der Waals surface area contributed by atoms with Gasteiger partial charge in [0.15, 0.2) is 11.2 Å². The molecule has 102 valence electrons. The Morgan fingerprint density at radius 1 is 1.25 bits per heavy atom. The highest BCUT2D eigenvalue weighted by Gasteiger charge is 2.10. The van der Waals surface area contributed by atoms with Crippen LogP contribution >= 0.6 is 0 Å². The molecule has 0 aromatic carbocycles. The second-order valence-electron chi connectivity index (χ2n) is 4.84. The van der Waals surface area contributed by atoms with Gasteiger partial charge in [-0.1, -0.05) is 5.21 Å². The summed E-state index contributed by atoms with van der Waals surface area (Å²) in [5.74, 6) is 0. The molecule has 3 aromatic heterocycles. The van der Waals surface area contributed by atoms with Crippen LogP contribution in [0, 0.1) is 13.8 Å². The van der Waals surface area contributed by atoms with Gasteiger partial charge in [0.2, 0.25) is 0 Å². The minimum absolute atomic E-state index is 0.205. The Kier molecular flexibility index (Phi) is 2.81. The van der Waals surface area contributed by atoms with Gasteiger partial charge in [-0.25, -0.2) is 9.67 Å². The van der Waals surface area contributed by atoms with Gasteiger partial charge in [-0.3, -0.25) is 14.3 Å². The summed E-state index contributed by atoms with van der Waals surface area (Å²) >= 11 is 0. The van der Waals surface area contributed by atoms with E-state index in [4.69, 9.17) is 0 Å². The van der Waals surface area contributed by atoms with E-state index in [0.29, 0.717) is 12.2 Å². The SMILES string of the molecule is Cc1cc(C)nc(Cn2cnc3c(nnn3C)c2=O)c1. The normalized spacial score (nSPS) is 11.2. The number of aryl methyl sites for hydroxylation is 3. The van der Waals surface area contributed by atoms with Crippen LogP contribution in [0.2, 0.25) is 0 Å². The molecule has 0 aliphatic rings. The molecule has 0 unspecified atom stereocenters. The molecule has 0 amide bonds. The lowest BCUT2D eigenvalue weighted by atomic mass is 10.2. The highest BCUT2D eigenvalue weighted by atomic mass is 16.1. The van der Waals surface area contributed by atoms with Crippen LogP contribution in [0.25, 0.3) is 11.2 Å². The molecule has 3 rings (SSSR count). The van der Waals surface area contributed by atoms with E-state index in [1.54, 1.807) is 7.05 Å². The average Bonchev–Trinajstić information content (AvgIpc) is 2.74. The Hall–Kier alpha value is -2.57. The van der Waals surface area contributed by atoms with Crippen molar-refractivity contribution < 1.29 is 0 Å². The van der Waals surface area contributed by atoms with Gasteiger partial charge >= 0.3 is 0 Å². The molecule has 7 heteroatoms. The molecular formula is C13H14N6O. The maximum atomic E-state index is 12.3. The largest absolute Gasteiger partial charge is 0.291 e. The summed E-state index contributed by atoms with van der Waals surface area (Å²) in [6.07, 6.45) is 1.51. The predicted molar refractivity (Wildman–Crippen MR) is 73.4 cm³/mol. The van der Waals surface area contributed by atoms with Crippen molar-refractivity contribution in [3.63, 3.8) is 0 Å². The quantitative estimate of drug-likeness (QED) is 0.681. The lowest BCUT2D eigenvalue weighted by Gasteiger charge is -2.06. The van der Waals surface area contributed by atoms with E-state index < -0.39 is 0 Å². The van der Waals surface area contributed by atoms with Crippen LogP contribution in [0.5, 0.6) is 0 Å². The Bertz CT molecular complexity index is 827. The van der Waals surface area contributed by atoms with Gasteiger partial charge < -0.3 is 0 Å². The van der Waals surface area contributed by atoms with E-state index in [2.05, 4.69) is 20.3 Å². The van der Waals surface area contributed by atoms with Crippen molar-refractivity contribution in [1.29, 1.82) is 0 Å². The van der Waals surface area contributed by atoms with Gasteiger partial charge in [-0.15, -0.1) is 5.10 Å². The second kappa shape index (κ2) is 4.52. The highest BCUT2D eigenvalue weighted by Crippen LogP contribution is 2.06. The van der Waals surface area contributed by atoms with Crippen LogP contribution in [0.3, 0.4) is 0 Å².